The van der Waals surface area contributed by atoms with Crippen molar-refractivity contribution in [3.8, 4) is 28.7 Å². The number of carboxylic acid groups (broad SMARTS) is 1. The van der Waals surface area contributed by atoms with Crippen LogP contribution in [-0.4, -0.2) is 64.6 Å². The molecule has 1 N–H and O–H groups in total. The molecule has 2 aromatic rings. The second-order valence-corrected chi connectivity index (χ2v) is 7.62. The lowest BCUT2D eigenvalue weighted by molar-refractivity contribution is -0.143. The van der Waals surface area contributed by atoms with Crippen LogP contribution in [0.3, 0.4) is 0 Å². The van der Waals surface area contributed by atoms with Crippen molar-refractivity contribution >= 4 is 5.97 Å². The van der Waals surface area contributed by atoms with Gasteiger partial charge >= 0.3 is 5.97 Å². The zero-order chi connectivity index (χ0) is 23.3. The summed E-state index contributed by atoms with van der Waals surface area (Å²) < 4.78 is 27.6. The maximum atomic E-state index is 11.5. The van der Waals surface area contributed by atoms with E-state index in [1.165, 1.54) is 0 Å². The van der Waals surface area contributed by atoms with Crippen LogP contribution in [0.1, 0.15) is 30.0 Å². The highest BCUT2D eigenvalue weighted by Gasteiger charge is 2.32. The summed E-state index contributed by atoms with van der Waals surface area (Å²) in [6.07, 6.45) is 1.17. The van der Waals surface area contributed by atoms with Crippen LogP contribution in [0.5, 0.6) is 28.7 Å². The Morgan fingerprint density at radius 3 is 1.81 bits per heavy atom. The molecule has 1 fully saturated rings. The van der Waals surface area contributed by atoms with E-state index in [1.807, 2.05) is 30.3 Å². The summed E-state index contributed by atoms with van der Waals surface area (Å²) in [5.41, 5.74) is 1.94. The van der Waals surface area contributed by atoms with E-state index in [4.69, 9.17) is 23.7 Å². The molecule has 2 aromatic carbocycles. The number of rotatable bonds is 9. The number of likely N-dealkylation sites (tertiary alicyclic amines) is 1. The van der Waals surface area contributed by atoms with Crippen LogP contribution in [0.2, 0.25) is 0 Å². The number of aliphatic carboxylic acids is 1. The van der Waals surface area contributed by atoms with E-state index in [9.17, 15) is 9.90 Å². The molecule has 0 radical (unpaired) electrons. The Labute approximate surface area is 188 Å². The largest absolute Gasteiger partial charge is 0.493 e. The number of carbonyl (C=O) groups is 1. The monoisotopic (exact) mass is 445 g/mol. The first-order chi connectivity index (χ1) is 15.5. The minimum absolute atomic E-state index is 0.168. The van der Waals surface area contributed by atoms with Crippen molar-refractivity contribution in [1.82, 2.24) is 4.90 Å². The molecule has 1 heterocycles. The second kappa shape index (κ2) is 10.5. The predicted molar refractivity (Wildman–Crippen MR) is 119 cm³/mol. The summed E-state index contributed by atoms with van der Waals surface area (Å²) in [5, 5.41) is 9.42. The fourth-order valence-corrected chi connectivity index (χ4v) is 4.30. The van der Waals surface area contributed by atoms with Gasteiger partial charge < -0.3 is 28.8 Å². The van der Waals surface area contributed by atoms with Crippen LogP contribution < -0.4 is 23.7 Å². The summed E-state index contributed by atoms with van der Waals surface area (Å²) in [5.74, 6) is 1.86. The van der Waals surface area contributed by atoms with Crippen LogP contribution in [-0.2, 0) is 4.79 Å². The second-order valence-electron chi connectivity index (χ2n) is 7.62. The summed E-state index contributed by atoms with van der Waals surface area (Å²) in [6, 6.07) is 9.54. The number of carboxylic acids is 1. The Morgan fingerprint density at radius 1 is 0.812 bits per heavy atom. The fraction of sp³-hybridized carbons (Fsp3) is 0.458. The predicted octanol–water partition coefficient (Wildman–Crippen LogP) is 3.62. The van der Waals surface area contributed by atoms with Crippen molar-refractivity contribution in [1.29, 1.82) is 0 Å². The molecular weight excluding hydrogens is 414 g/mol. The van der Waals surface area contributed by atoms with E-state index in [-0.39, 0.29) is 12.0 Å². The third-order valence-corrected chi connectivity index (χ3v) is 5.97. The SMILES string of the molecule is COc1ccc(C(c2cc(OC)c(OC)c(OC)c2)N2CCC(C(=O)O)CC2)cc1OC. The van der Waals surface area contributed by atoms with Crippen molar-refractivity contribution in [3.05, 3.63) is 41.5 Å². The summed E-state index contributed by atoms with van der Waals surface area (Å²) in [4.78, 5) is 13.7. The van der Waals surface area contributed by atoms with Crippen molar-refractivity contribution in [3.63, 3.8) is 0 Å². The lowest BCUT2D eigenvalue weighted by Gasteiger charge is -2.37. The van der Waals surface area contributed by atoms with E-state index in [2.05, 4.69) is 4.90 Å². The highest BCUT2D eigenvalue weighted by Crippen LogP contribution is 2.44. The van der Waals surface area contributed by atoms with Crippen LogP contribution >= 0.6 is 0 Å². The van der Waals surface area contributed by atoms with Gasteiger partial charge in [-0.2, -0.15) is 0 Å². The highest BCUT2D eigenvalue weighted by atomic mass is 16.5. The standard InChI is InChI=1S/C24H31NO7/c1-28-18-7-6-16(12-19(18)29-2)22(25-10-8-15(9-11-25)24(26)27)17-13-20(30-3)23(32-5)21(14-17)31-4/h6-7,12-15,22H,8-11H2,1-5H3,(H,26,27). The molecule has 0 saturated carbocycles. The average Bonchev–Trinajstić information content (AvgIpc) is 2.83. The smallest absolute Gasteiger partial charge is 0.306 e. The molecule has 1 atom stereocenters. The minimum atomic E-state index is -0.736. The summed E-state index contributed by atoms with van der Waals surface area (Å²) in [6.45, 7) is 1.29. The van der Waals surface area contributed by atoms with Crippen molar-refractivity contribution in [2.75, 3.05) is 48.6 Å². The first kappa shape index (κ1) is 23.5. The zero-order valence-electron chi connectivity index (χ0n) is 19.2. The van der Waals surface area contributed by atoms with Crippen LogP contribution in [0.4, 0.5) is 0 Å². The number of hydrogen-bond acceptors (Lipinski definition) is 7. The van der Waals surface area contributed by atoms with Gasteiger partial charge in [0.1, 0.15) is 0 Å². The molecule has 174 valence electrons. The Bertz CT molecular complexity index is 913. The van der Waals surface area contributed by atoms with Crippen LogP contribution in [0.15, 0.2) is 30.3 Å². The number of ether oxygens (including phenoxy) is 5. The molecule has 0 aliphatic carbocycles. The van der Waals surface area contributed by atoms with Gasteiger partial charge in [-0.25, -0.2) is 0 Å². The zero-order valence-corrected chi connectivity index (χ0v) is 19.2. The van der Waals surface area contributed by atoms with E-state index >= 15 is 0 Å². The lowest BCUT2D eigenvalue weighted by Crippen LogP contribution is -2.39. The highest BCUT2D eigenvalue weighted by molar-refractivity contribution is 5.70. The molecule has 0 spiro atoms. The van der Waals surface area contributed by atoms with Gasteiger partial charge in [0.05, 0.1) is 47.5 Å². The first-order valence-electron chi connectivity index (χ1n) is 10.5. The third-order valence-electron chi connectivity index (χ3n) is 5.97. The maximum Gasteiger partial charge on any atom is 0.306 e. The molecule has 32 heavy (non-hydrogen) atoms. The molecule has 8 heteroatoms. The van der Waals surface area contributed by atoms with E-state index < -0.39 is 5.97 Å². The number of nitrogens with zero attached hydrogens (tertiary/aromatic N) is 1. The molecule has 0 amide bonds. The maximum absolute atomic E-state index is 11.5. The van der Waals surface area contributed by atoms with Gasteiger partial charge in [0, 0.05) is 0 Å². The average molecular weight is 446 g/mol. The summed E-state index contributed by atoms with van der Waals surface area (Å²) in [7, 11) is 7.96. The van der Waals surface area contributed by atoms with Gasteiger partial charge in [0.15, 0.2) is 23.0 Å². The van der Waals surface area contributed by atoms with Gasteiger partial charge in [-0.05, 0) is 61.3 Å². The van der Waals surface area contributed by atoms with E-state index in [0.29, 0.717) is 54.7 Å². The van der Waals surface area contributed by atoms with Gasteiger partial charge in [0.2, 0.25) is 5.75 Å². The van der Waals surface area contributed by atoms with Gasteiger partial charge in [-0.3, -0.25) is 9.69 Å². The topological polar surface area (TPSA) is 86.7 Å². The third kappa shape index (κ3) is 4.70. The number of benzene rings is 2. The van der Waals surface area contributed by atoms with Crippen molar-refractivity contribution in [2.24, 2.45) is 5.92 Å². The quantitative estimate of drug-likeness (QED) is 0.626. The molecule has 0 bridgehead atoms. The van der Waals surface area contributed by atoms with Gasteiger partial charge in [-0.15, -0.1) is 0 Å². The Morgan fingerprint density at radius 2 is 1.34 bits per heavy atom. The molecule has 8 nitrogen and oxygen atoms in total. The van der Waals surface area contributed by atoms with Crippen LogP contribution in [0, 0.1) is 5.92 Å². The Hall–Kier alpha value is -3.13. The number of methoxy groups -OCH3 is 5. The van der Waals surface area contributed by atoms with Gasteiger partial charge in [0.25, 0.3) is 0 Å². The number of hydrogen-bond donors (Lipinski definition) is 1. The summed E-state index contributed by atoms with van der Waals surface area (Å²) >= 11 is 0. The normalized spacial score (nSPS) is 15.7. The van der Waals surface area contributed by atoms with Crippen molar-refractivity contribution < 1.29 is 33.6 Å². The number of piperidine rings is 1. The molecule has 1 saturated heterocycles. The molecule has 1 unspecified atom stereocenters. The molecule has 3 rings (SSSR count). The molecule has 1 aliphatic rings. The molecule has 0 aromatic heterocycles. The Balaban J connectivity index is 2.10. The molecular formula is C24H31NO7. The first-order valence-corrected chi connectivity index (χ1v) is 10.5. The van der Waals surface area contributed by atoms with Crippen molar-refractivity contribution in [2.45, 2.75) is 18.9 Å². The van der Waals surface area contributed by atoms with E-state index in [1.54, 1.807) is 35.5 Å². The lowest BCUT2D eigenvalue weighted by atomic mass is 9.91. The molecule has 1 aliphatic heterocycles. The van der Waals surface area contributed by atoms with Gasteiger partial charge in [-0.1, -0.05) is 6.07 Å². The minimum Gasteiger partial charge on any atom is -0.493 e. The van der Waals surface area contributed by atoms with Crippen LogP contribution in [0.25, 0.3) is 0 Å². The van der Waals surface area contributed by atoms with E-state index in [0.717, 1.165) is 11.1 Å². The Kier molecular flexibility index (Phi) is 7.69. The fourth-order valence-electron chi connectivity index (χ4n) is 4.30.